The number of hydrogen-bond acceptors (Lipinski definition) is 6. The summed E-state index contributed by atoms with van der Waals surface area (Å²) >= 11 is 0. The molecule has 0 saturated carbocycles. The zero-order valence-electron chi connectivity index (χ0n) is 9.22. The van der Waals surface area contributed by atoms with Gasteiger partial charge in [-0.2, -0.15) is 5.11 Å². The molecule has 1 aromatic heterocycles. The van der Waals surface area contributed by atoms with Crippen LogP contribution in [0, 0.1) is 10.1 Å². The fraction of sp³-hybridized carbons (Fsp3) is 0. The highest BCUT2D eigenvalue weighted by atomic mass is 16.6. The molecule has 0 aliphatic carbocycles. The summed E-state index contributed by atoms with van der Waals surface area (Å²) in [5.74, 6) is 0.407. The maximum atomic E-state index is 10.5. The summed E-state index contributed by atoms with van der Waals surface area (Å²) in [5, 5.41) is 18.3. The number of pyridine rings is 1. The van der Waals surface area contributed by atoms with Crippen LogP contribution in [0.1, 0.15) is 0 Å². The van der Waals surface area contributed by atoms with Gasteiger partial charge in [-0.15, -0.1) is 5.11 Å². The van der Waals surface area contributed by atoms with Gasteiger partial charge in [0.2, 0.25) is 0 Å². The Morgan fingerprint density at radius 2 is 1.67 bits per heavy atom. The van der Waals surface area contributed by atoms with Crippen molar-refractivity contribution in [3.8, 4) is 0 Å². The molecule has 0 saturated heterocycles. The molecule has 2 N–H and O–H groups in total. The Bertz CT molecular complexity index is 577. The van der Waals surface area contributed by atoms with Crippen molar-refractivity contribution in [3.63, 3.8) is 0 Å². The summed E-state index contributed by atoms with van der Waals surface area (Å²) in [7, 11) is 0. The van der Waals surface area contributed by atoms with Crippen LogP contribution in [0.25, 0.3) is 0 Å². The van der Waals surface area contributed by atoms with E-state index in [2.05, 4.69) is 15.2 Å². The van der Waals surface area contributed by atoms with Crippen molar-refractivity contribution < 1.29 is 4.92 Å². The number of benzene rings is 1. The summed E-state index contributed by atoms with van der Waals surface area (Å²) in [6.07, 6.45) is 1.49. The van der Waals surface area contributed by atoms with Gasteiger partial charge in [0.1, 0.15) is 11.5 Å². The third-order valence-corrected chi connectivity index (χ3v) is 2.11. The number of azo groups is 1. The average Bonchev–Trinajstić information content (AvgIpc) is 2.38. The molecule has 0 fully saturated rings. The van der Waals surface area contributed by atoms with E-state index in [9.17, 15) is 10.1 Å². The van der Waals surface area contributed by atoms with E-state index in [1.165, 1.54) is 30.5 Å². The van der Waals surface area contributed by atoms with E-state index in [0.29, 0.717) is 17.2 Å². The number of nitrogens with two attached hydrogens (primary N) is 1. The van der Waals surface area contributed by atoms with Gasteiger partial charge in [-0.1, -0.05) is 0 Å². The second kappa shape index (κ2) is 5.00. The Kier molecular flexibility index (Phi) is 3.24. The molecule has 0 radical (unpaired) electrons. The number of nitrogen functional groups attached to an aromatic ring is 1. The summed E-state index contributed by atoms with van der Waals surface area (Å²) in [6.45, 7) is 0. The van der Waals surface area contributed by atoms with E-state index in [1.54, 1.807) is 12.1 Å². The number of aromatic nitrogens is 1. The predicted octanol–water partition coefficient (Wildman–Crippen LogP) is 2.99. The first-order chi connectivity index (χ1) is 8.65. The second-order valence-corrected chi connectivity index (χ2v) is 3.41. The van der Waals surface area contributed by atoms with E-state index in [-0.39, 0.29) is 5.69 Å². The lowest BCUT2D eigenvalue weighted by Gasteiger charge is -1.94. The minimum Gasteiger partial charge on any atom is -0.384 e. The van der Waals surface area contributed by atoms with E-state index in [0.717, 1.165) is 0 Å². The molecule has 0 bridgehead atoms. The van der Waals surface area contributed by atoms with Crippen molar-refractivity contribution in [1.82, 2.24) is 4.98 Å². The van der Waals surface area contributed by atoms with Crippen LogP contribution in [0.5, 0.6) is 0 Å². The van der Waals surface area contributed by atoms with E-state index < -0.39 is 4.92 Å². The molecule has 1 aromatic carbocycles. The third-order valence-electron chi connectivity index (χ3n) is 2.11. The van der Waals surface area contributed by atoms with Gasteiger partial charge in [-0.25, -0.2) is 4.98 Å². The summed E-state index contributed by atoms with van der Waals surface area (Å²) in [4.78, 5) is 13.9. The molecule has 0 unspecified atom stereocenters. The molecule has 0 spiro atoms. The molecular weight excluding hydrogens is 234 g/mol. The average molecular weight is 243 g/mol. The Balaban J connectivity index is 2.13. The van der Waals surface area contributed by atoms with Crippen LogP contribution >= 0.6 is 0 Å². The molecule has 0 amide bonds. The maximum Gasteiger partial charge on any atom is 0.269 e. The number of nitro benzene ring substituents is 1. The molecule has 0 aliphatic heterocycles. The molecule has 2 aromatic rings. The first-order valence-corrected chi connectivity index (χ1v) is 5.03. The smallest absolute Gasteiger partial charge is 0.269 e. The Hall–Kier alpha value is -2.83. The van der Waals surface area contributed by atoms with Crippen molar-refractivity contribution in [2.45, 2.75) is 0 Å². The van der Waals surface area contributed by atoms with Crippen molar-refractivity contribution in [2.75, 3.05) is 5.73 Å². The van der Waals surface area contributed by atoms with Gasteiger partial charge in [0.25, 0.3) is 5.69 Å². The van der Waals surface area contributed by atoms with Gasteiger partial charge < -0.3 is 5.73 Å². The lowest BCUT2D eigenvalue weighted by Crippen LogP contribution is -1.86. The highest BCUT2D eigenvalue weighted by Crippen LogP contribution is 2.20. The van der Waals surface area contributed by atoms with Crippen molar-refractivity contribution >= 4 is 22.9 Å². The van der Waals surface area contributed by atoms with Gasteiger partial charge in [0, 0.05) is 12.1 Å². The van der Waals surface area contributed by atoms with E-state index >= 15 is 0 Å². The van der Waals surface area contributed by atoms with Gasteiger partial charge in [0.05, 0.1) is 16.8 Å². The Labute approximate surface area is 102 Å². The minimum absolute atomic E-state index is 0.0168. The topological polar surface area (TPSA) is 107 Å². The van der Waals surface area contributed by atoms with Crippen LogP contribution in [-0.4, -0.2) is 9.91 Å². The molecule has 1 heterocycles. The Morgan fingerprint density at radius 3 is 2.22 bits per heavy atom. The maximum absolute atomic E-state index is 10.5. The SMILES string of the molecule is Nc1ccc(N=Nc2ccc([N+](=O)[O-])cc2)cn1. The number of rotatable bonds is 3. The molecule has 0 aliphatic rings. The van der Waals surface area contributed by atoms with Crippen LogP contribution < -0.4 is 5.73 Å². The fourth-order valence-corrected chi connectivity index (χ4v) is 1.21. The molecule has 0 atom stereocenters. The monoisotopic (exact) mass is 243 g/mol. The first-order valence-electron chi connectivity index (χ1n) is 5.03. The van der Waals surface area contributed by atoms with Gasteiger partial charge in [0.15, 0.2) is 0 Å². The number of nitro groups is 1. The van der Waals surface area contributed by atoms with Gasteiger partial charge in [-0.3, -0.25) is 10.1 Å². The summed E-state index contributed by atoms with van der Waals surface area (Å²) in [6, 6.07) is 9.07. The van der Waals surface area contributed by atoms with E-state index in [1.807, 2.05) is 0 Å². The third kappa shape index (κ3) is 2.85. The van der Waals surface area contributed by atoms with Crippen LogP contribution in [0.2, 0.25) is 0 Å². The molecule has 7 nitrogen and oxygen atoms in total. The van der Waals surface area contributed by atoms with Crippen molar-refractivity contribution in [2.24, 2.45) is 10.2 Å². The first kappa shape index (κ1) is 11.6. The number of nitrogens with zero attached hydrogens (tertiary/aromatic N) is 4. The van der Waals surface area contributed by atoms with Gasteiger partial charge in [-0.05, 0) is 24.3 Å². The molecule has 90 valence electrons. The standard InChI is InChI=1S/C11H9N5O2/c12-11-6-3-9(7-13-11)15-14-8-1-4-10(5-2-8)16(17)18/h1-7H,(H2,12,13). The van der Waals surface area contributed by atoms with Crippen LogP contribution in [0.3, 0.4) is 0 Å². The zero-order valence-corrected chi connectivity index (χ0v) is 9.22. The fourth-order valence-electron chi connectivity index (χ4n) is 1.21. The zero-order chi connectivity index (χ0) is 13.0. The Morgan fingerprint density at radius 1 is 1.06 bits per heavy atom. The minimum atomic E-state index is -0.467. The normalized spacial score (nSPS) is 10.7. The van der Waals surface area contributed by atoms with Gasteiger partial charge >= 0.3 is 0 Å². The van der Waals surface area contributed by atoms with Crippen LogP contribution in [0.15, 0.2) is 52.8 Å². The number of anilines is 1. The highest BCUT2D eigenvalue weighted by molar-refractivity contribution is 5.45. The lowest BCUT2D eigenvalue weighted by molar-refractivity contribution is -0.384. The largest absolute Gasteiger partial charge is 0.384 e. The van der Waals surface area contributed by atoms with Crippen molar-refractivity contribution in [1.29, 1.82) is 0 Å². The number of non-ortho nitro benzene ring substituents is 1. The predicted molar refractivity (Wildman–Crippen MR) is 65.9 cm³/mol. The van der Waals surface area contributed by atoms with E-state index in [4.69, 9.17) is 5.73 Å². The summed E-state index contributed by atoms with van der Waals surface area (Å²) in [5.41, 5.74) is 6.53. The molecular formula is C11H9N5O2. The second-order valence-electron chi connectivity index (χ2n) is 3.41. The van der Waals surface area contributed by atoms with Crippen LogP contribution in [-0.2, 0) is 0 Å². The quantitative estimate of drug-likeness (QED) is 0.507. The molecule has 18 heavy (non-hydrogen) atoms. The van der Waals surface area contributed by atoms with Crippen molar-refractivity contribution in [3.05, 3.63) is 52.7 Å². The molecule has 7 heteroatoms. The number of hydrogen-bond donors (Lipinski definition) is 1. The highest BCUT2D eigenvalue weighted by Gasteiger charge is 2.02. The molecule has 2 rings (SSSR count). The lowest BCUT2D eigenvalue weighted by atomic mass is 10.3. The summed E-state index contributed by atoms with van der Waals surface area (Å²) < 4.78 is 0. The van der Waals surface area contributed by atoms with Crippen LogP contribution in [0.4, 0.5) is 22.9 Å².